The molecule has 1 aromatic heterocycles. The molecule has 102 valence electrons. The Kier molecular flexibility index (Phi) is 2.94. The first-order chi connectivity index (χ1) is 9.68. The van der Waals surface area contributed by atoms with Crippen molar-refractivity contribution in [1.29, 1.82) is 0 Å². The van der Waals surface area contributed by atoms with E-state index in [0.717, 1.165) is 6.42 Å². The van der Waals surface area contributed by atoms with Crippen molar-refractivity contribution in [2.24, 2.45) is 0 Å². The molecule has 0 saturated carbocycles. The van der Waals surface area contributed by atoms with Crippen molar-refractivity contribution in [1.82, 2.24) is 15.2 Å². The van der Waals surface area contributed by atoms with Gasteiger partial charge >= 0.3 is 5.97 Å². The fourth-order valence-electron chi connectivity index (χ4n) is 2.47. The summed E-state index contributed by atoms with van der Waals surface area (Å²) in [6.45, 7) is 0.537. The third kappa shape index (κ3) is 1.93. The number of amides is 1. The lowest BCUT2D eigenvalue weighted by atomic mass is 9.96. The number of nitrogens with one attached hydrogen (secondary N) is 1. The summed E-state index contributed by atoms with van der Waals surface area (Å²) in [5.74, 6) is -1.12. The molecule has 1 amide bonds. The fraction of sp³-hybridized carbons (Fsp3) is 0.231. The largest absolute Gasteiger partial charge is 0.478 e. The van der Waals surface area contributed by atoms with E-state index in [1.807, 2.05) is 0 Å². The number of hydrogen-bond donors (Lipinski definition) is 2. The number of hydrogen-bond acceptors (Lipinski definition) is 4. The number of fused-ring (bicyclic) bond motifs is 1. The molecule has 0 unspecified atom stereocenters. The Bertz CT molecular complexity index is 666. The van der Waals surface area contributed by atoms with Crippen molar-refractivity contribution in [3.63, 3.8) is 0 Å². The number of carbonyl (C=O) groups is 2. The Morgan fingerprint density at radius 2 is 2.20 bits per heavy atom. The molecule has 1 aliphatic rings. The number of anilines is 1. The lowest BCUT2D eigenvalue weighted by molar-refractivity contribution is 0.0695. The first kappa shape index (κ1) is 12.3. The maximum Gasteiger partial charge on any atom is 0.336 e. The Balaban J connectivity index is 2.05. The van der Waals surface area contributed by atoms with Gasteiger partial charge in [0.05, 0.1) is 5.56 Å². The van der Waals surface area contributed by atoms with E-state index in [2.05, 4.69) is 15.2 Å². The van der Waals surface area contributed by atoms with Crippen LogP contribution in [0.3, 0.4) is 0 Å². The Morgan fingerprint density at radius 1 is 1.35 bits per heavy atom. The molecule has 2 N–H and O–H groups in total. The van der Waals surface area contributed by atoms with Gasteiger partial charge in [0, 0.05) is 12.2 Å². The number of nitrogens with zero attached hydrogens (tertiary/aromatic N) is 3. The normalized spacial score (nSPS) is 13.9. The maximum atomic E-state index is 12.3. The number of carboxylic acids is 1. The van der Waals surface area contributed by atoms with Crippen LogP contribution in [-0.2, 0) is 6.42 Å². The summed E-state index contributed by atoms with van der Waals surface area (Å²) in [6, 6.07) is 4.97. The van der Waals surface area contributed by atoms with E-state index >= 15 is 0 Å². The average Bonchev–Trinajstić information content (AvgIpc) is 2.99. The fourth-order valence-corrected chi connectivity index (χ4v) is 2.47. The van der Waals surface area contributed by atoms with E-state index < -0.39 is 5.97 Å². The molecule has 7 nitrogen and oxygen atoms in total. The number of H-pyrrole nitrogens is 1. The van der Waals surface area contributed by atoms with Crippen molar-refractivity contribution in [2.75, 3.05) is 11.4 Å². The molecule has 0 radical (unpaired) electrons. The number of benzene rings is 1. The monoisotopic (exact) mass is 272 g/mol. The number of carbonyl (C=O) groups excluding carboxylic acids is 1. The van der Waals surface area contributed by atoms with Gasteiger partial charge in [-0.05, 0) is 30.5 Å². The van der Waals surface area contributed by atoms with Crippen molar-refractivity contribution >= 4 is 17.6 Å². The predicted octanol–water partition coefficient (Wildman–Crippen LogP) is 1.10. The first-order valence-corrected chi connectivity index (χ1v) is 6.21. The Labute approximate surface area is 114 Å². The van der Waals surface area contributed by atoms with Crippen molar-refractivity contribution in [3.05, 3.63) is 41.5 Å². The highest BCUT2D eigenvalue weighted by atomic mass is 16.4. The topological polar surface area (TPSA) is 99.2 Å². The van der Waals surface area contributed by atoms with Crippen molar-refractivity contribution < 1.29 is 14.7 Å². The molecule has 0 bridgehead atoms. The number of aromatic nitrogens is 3. The molecular formula is C13H12N4O3. The first-order valence-electron chi connectivity index (χ1n) is 6.21. The quantitative estimate of drug-likeness (QED) is 0.852. The number of carboxylic acid groups (broad SMARTS) is 1. The number of aromatic amines is 1. The lowest BCUT2D eigenvalue weighted by Crippen LogP contribution is -2.36. The molecule has 1 aliphatic heterocycles. The van der Waals surface area contributed by atoms with E-state index in [9.17, 15) is 14.7 Å². The highest BCUT2D eigenvalue weighted by Gasteiger charge is 2.27. The van der Waals surface area contributed by atoms with E-state index in [0.29, 0.717) is 24.2 Å². The van der Waals surface area contributed by atoms with Crippen LogP contribution in [0, 0.1) is 0 Å². The second kappa shape index (κ2) is 4.76. The van der Waals surface area contributed by atoms with Crippen LogP contribution < -0.4 is 4.90 Å². The van der Waals surface area contributed by atoms with Crippen LogP contribution in [0.2, 0.25) is 0 Å². The molecule has 7 heteroatoms. The van der Waals surface area contributed by atoms with Crippen molar-refractivity contribution in [2.45, 2.75) is 12.8 Å². The summed E-state index contributed by atoms with van der Waals surface area (Å²) in [5.41, 5.74) is 1.58. The van der Waals surface area contributed by atoms with Gasteiger partial charge in [0.2, 0.25) is 5.82 Å². The zero-order chi connectivity index (χ0) is 14.1. The van der Waals surface area contributed by atoms with E-state index in [4.69, 9.17) is 0 Å². The van der Waals surface area contributed by atoms with Gasteiger partial charge in [-0.1, -0.05) is 6.07 Å². The summed E-state index contributed by atoms with van der Waals surface area (Å²) >= 11 is 0. The summed E-state index contributed by atoms with van der Waals surface area (Å²) in [4.78, 5) is 29.0. The van der Waals surface area contributed by atoms with Gasteiger partial charge in [-0.3, -0.25) is 9.89 Å². The van der Waals surface area contributed by atoms with Gasteiger partial charge in [-0.2, -0.15) is 5.10 Å². The lowest BCUT2D eigenvalue weighted by Gasteiger charge is -2.29. The maximum absolute atomic E-state index is 12.3. The summed E-state index contributed by atoms with van der Waals surface area (Å²) in [5, 5.41) is 15.4. The summed E-state index contributed by atoms with van der Waals surface area (Å²) < 4.78 is 0. The molecule has 0 atom stereocenters. The summed E-state index contributed by atoms with van der Waals surface area (Å²) in [6.07, 6.45) is 2.64. The van der Waals surface area contributed by atoms with Crippen LogP contribution in [0.4, 0.5) is 5.69 Å². The Hall–Kier alpha value is -2.70. The third-order valence-electron chi connectivity index (χ3n) is 3.34. The minimum Gasteiger partial charge on any atom is -0.478 e. The van der Waals surface area contributed by atoms with Crippen LogP contribution in [0.1, 0.15) is 33.0 Å². The highest BCUT2D eigenvalue weighted by molar-refractivity contribution is 6.05. The van der Waals surface area contributed by atoms with Gasteiger partial charge in [-0.25, -0.2) is 9.78 Å². The molecule has 0 saturated heterocycles. The molecule has 2 aromatic rings. The molecule has 1 aromatic carbocycles. The average molecular weight is 272 g/mol. The molecule has 0 spiro atoms. The number of rotatable bonds is 2. The van der Waals surface area contributed by atoms with Gasteiger partial charge in [-0.15, -0.1) is 0 Å². The summed E-state index contributed by atoms with van der Waals surface area (Å²) in [7, 11) is 0. The van der Waals surface area contributed by atoms with Gasteiger partial charge < -0.3 is 10.0 Å². The minimum absolute atomic E-state index is 0.151. The highest BCUT2D eigenvalue weighted by Crippen LogP contribution is 2.30. The standard InChI is InChI=1S/C13H12N4O3/c18-12(11-14-7-15-16-11)17-6-2-4-8-9(13(19)20)3-1-5-10(8)17/h1,3,5,7H,2,4,6H2,(H,19,20)(H,14,15,16). The molecule has 20 heavy (non-hydrogen) atoms. The van der Waals surface area contributed by atoms with E-state index in [1.54, 1.807) is 23.1 Å². The molecular weight excluding hydrogens is 260 g/mol. The van der Waals surface area contributed by atoms with Gasteiger partial charge in [0.15, 0.2) is 0 Å². The van der Waals surface area contributed by atoms with Gasteiger partial charge in [0.1, 0.15) is 6.33 Å². The van der Waals surface area contributed by atoms with Crippen molar-refractivity contribution in [3.8, 4) is 0 Å². The Morgan fingerprint density at radius 3 is 2.90 bits per heavy atom. The molecule has 3 rings (SSSR count). The van der Waals surface area contributed by atoms with E-state index in [-0.39, 0.29) is 17.3 Å². The second-order valence-electron chi connectivity index (χ2n) is 4.50. The van der Waals surface area contributed by atoms with Crippen LogP contribution >= 0.6 is 0 Å². The van der Waals surface area contributed by atoms with Crippen LogP contribution in [0.25, 0.3) is 0 Å². The van der Waals surface area contributed by atoms with Gasteiger partial charge in [0.25, 0.3) is 5.91 Å². The zero-order valence-corrected chi connectivity index (χ0v) is 10.5. The van der Waals surface area contributed by atoms with Crippen LogP contribution in [0.15, 0.2) is 24.5 Å². The molecule has 2 heterocycles. The van der Waals surface area contributed by atoms with Crippen LogP contribution in [-0.4, -0.2) is 38.7 Å². The smallest absolute Gasteiger partial charge is 0.336 e. The predicted molar refractivity (Wildman–Crippen MR) is 69.8 cm³/mol. The second-order valence-corrected chi connectivity index (χ2v) is 4.50. The minimum atomic E-state index is -0.976. The zero-order valence-electron chi connectivity index (χ0n) is 10.5. The molecule has 0 fully saturated rings. The number of aromatic carboxylic acids is 1. The molecule has 0 aliphatic carbocycles. The van der Waals surface area contributed by atoms with E-state index in [1.165, 1.54) is 6.33 Å². The SMILES string of the molecule is O=C(O)c1cccc2c1CCCN2C(=O)c1ncn[nH]1. The van der Waals surface area contributed by atoms with Crippen LogP contribution in [0.5, 0.6) is 0 Å². The third-order valence-corrected chi connectivity index (χ3v) is 3.34.